The molecule has 2 heterocycles. The number of methoxy groups -OCH3 is 1. The lowest BCUT2D eigenvalue weighted by molar-refractivity contribution is -0.304. The second kappa shape index (κ2) is 12.4. The van der Waals surface area contributed by atoms with Gasteiger partial charge in [0.2, 0.25) is 0 Å². The topological polar surface area (TPSA) is 43.0 Å². The zero-order valence-electron chi connectivity index (χ0n) is 25.7. The van der Waals surface area contributed by atoms with E-state index in [-0.39, 0.29) is 29.3 Å². The minimum Gasteiger partial charge on any atom is -0.372 e. The second-order valence-electron chi connectivity index (χ2n) is 13.1. The molecular formula is C36H48N2O3. The van der Waals surface area contributed by atoms with Gasteiger partial charge in [0.1, 0.15) is 11.7 Å². The van der Waals surface area contributed by atoms with Crippen molar-refractivity contribution < 1.29 is 14.3 Å². The number of hydroxylamine groups is 2. The fourth-order valence-corrected chi connectivity index (χ4v) is 7.04. The van der Waals surface area contributed by atoms with E-state index >= 15 is 0 Å². The fourth-order valence-electron chi connectivity index (χ4n) is 7.04. The van der Waals surface area contributed by atoms with Crippen LogP contribution in [0.1, 0.15) is 88.7 Å². The summed E-state index contributed by atoms with van der Waals surface area (Å²) in [6, 6.07) is 29.9. The molecule has 0 spiro atoms. The molecule has 2 aliphatic rings. The number of hydrogen-bond donors (Lipinski definition) is 1. The molecule has 2 fully saturated rings. The van der Waals surface area contributed by atoms with Gasteiger partial charge in [-0.3, -0.25) is 4.84 Å². The highest BCUT2D eigenvalue weighted by Crippen LogP contribution is 2.41. The Labute approximate surface area is 247 Å². The summed E-state index contributed by atoms with van der Waals surface area (Å²) < 4.78 is 12.8. The lowest BCUT2D eigenvalue weighted by Crippen LogP contribution is -2.58. The van der Waals surface area contributed by atoms with Crippen LogP contribution in [0.2, 0.25) is 0 Å². The molecule has 0 saturated carbocycles. The van der Waals surface area contributed by atoms with Crippen molar-refractivity contribution in [3.8, 4) is 0 Å². The third kappa shape index (κ3) is 6.30. The lowest BCUT2D eigenvalue weighted by atomic mass is 9.79. The van der Waals surface area contributed by atoms with Gasteiger partial charge in [0.25, 0.3) is 0 Å². The van der Waals surface area contributed by atoms with Gasteiger partial charge >= 0.3 is 0 Å². The number of hydrogen-bond acceptors (Lipinski definition) is 5. The Hall–Kier alpha value is -2.54. The van der Waals surface area contributed by atoms with Gasteiger partial charge in [-0.25, -0.2) is 0 Å². The van der Waals surface area contributed by atoms with Crippen molar-refractivity contribution in [1.82, 2.24) is 10.4 Å². The SMILES string of the molecule is COC(c1ccccc1)(c1ccccc1)[C@@H]1C[C@@H](OCc2ccc(C(C)ON3C(C)(C)CCCC3(C)C)cc2)CN1. The predicted molar refractivity (Wildman–Crippen MR) is 165 cm³/mol. The van der Waals surface area contributed by atoms with E-state index in [4.69, 9.17) is 14.3 Å². The smallest absolute Gasteiger partial charge is 0.133 e. The van der Waals surface area contributed by atoms with E-state index in [1.807, 2.05) is 7.11 Å². The molecule has 2 saturated heterocycles. The minimum atomic E-state index is -0.587. The molecule has 3 aromatic rings. The Balaban J connectivity index is 1.22. The highest BCUT2D eigenvalue weighted by atomic mass is 16.7. The van der Waals surface area contributed by atoms with Crippen LogP contribution in [0.15, 0.2) is 84.9 Å². The molecule has 3 aromatic carbocycles. The van der Waals surface area contributed by atoms with Crippen LogP contribution in [0.4, 0.5) is 0 Å². The van der Waals surface area contributed by atoms with E-state index in [0.717, 1.165) is 36.9 Å². The third-order valence-corrected chi connectivity index (χ3v) is 9.18. The molecule has 0 bridgehead atoms. The number of nitrogens with one attached hydrogen (secondary N) is 1. The van der Waals surface area contributed by atoms with E-state index in [2.05, 4.69) is 130 Å². The van der Waals surface area contributed by atoms with Crippen LogP contribution in [-0.2, 0) is 26.5 Å². The van der Waals surface area contributed by atoms with Gasteiger partial charge in [-0.05, 0) is 82.6 Å². The van der Waals surface area contributed by atoms with Crippen molar-refractivity contribution >= 4 is 0 Å². The van der Waals surface area contributed by atoms with Crippen LogP contribution in [0.5, 0.6) is 0 Å². The first-order valence-electron chi connectivity index (χ1n) is 15.2. The Morgan fingerprint density at radius 2 is 1.41 bits per heavy atom. The first-order chi connectivity index (χ1) is 19.7. The van der Waals surface area contributed by atoms with Gasteiger partial charge in [0.05, 0.1) is 12.7 Å². The van der Waals surface area contributed by atoms with Crippen molar-refractivity contribution in [2.45, 2.75) is 102 Å². The summed E-state index contributed by atoms with van der Waals surface area (Å²) in [4.78, 5) is 6.60. The van der Waals surface area contributed by atoms with Gasteiger partial charge < -0.3 is 14.8 Å². The molecule has 220 valence electrons. The number of rotatable bonds is 10. The monoisotopic (exact) mass is 556 g/mol. The van der Waals surface area contributed by atoms with E-state index < -0.39 is 5.60 Å². The highest BCUT2D eigenvalue weighted by molar-refractivity contribution is 5.39. The normalized spacial score (nSPS) is 23.4. The molecule has 3 atom stereocenters. The van der Waals surface area contributed by atoms with Gasteiger partial charge in [-0.15, -0.1) is 0 Å². The summed E-state index contributed by atoms with van der Waals surface area (Å²) in [6.45, 7) is 12.7. The Morgan fingerprint density at radius 3 is 1.95 bits per heavy atom. The van der Waals surface area contributed by atoms with E-state index in [1.54, 1.807) is 0 Å². The summed E-state index contributed by atoms with van der Waals surface area (Å²) >= 11 is 0. The lowest BCUT2D eigenvalue weighted by Gasteiger charge is -2.52. The summed E-state index contributed by atoms with van der Waals surface area (Å²) in [5, 5.41) is 5.99. The molecule has 0 amide bonds. The maximum absolute atomic E-state index is 6.60. The largest absolute Gasteiger partial charge is 0.372 e. The standard InChI is InChI=1S/C36H48N2O3/c1-27(41-38-34(2,3)22-13-23-35(38,4)5)29-20-18-28(19-21-29)26-40-32-24-33(37-25-32)36(39-6,30-14-9-7-10-15-30)31-16-11-8-12-17-31/h7-12,14-21,27,32-33,37H,13,22-26H2,1-6H3/t27?,32-,33+/m1/s1. The van der Waals surface area contributed by atoms with Crippen molar-refractivity contribution in [2.24, 2.45) is 0 Å². The van der Waals surface area contributed by atoms with Crippen LogP contribution in [0, 0.1) is 0 Å². The van der Waals surface area contributed by atoms with Gasteiger partial charge in [-0.1, -0.05) is 84.9 Å². The molecule has 1 unspecified atom stereocenters. The van der Waals surface area contributed by atoms with Gasteiger partial charge in [0, 0.05) is 30.8 Å². The summed E-state index contributed by atoms with van der Waals surface area (Å²) in [5.74, 6) is 0. The van der Waals surface area contributed by atoms with Crippen molar-refractivity contribution in [2.75, 3.05) is 13.7 Å². The number of ether oxygens (including phenoxy) is 2. The third-order valence-electron chi connectivity index (χ3n) is 9.18. The average Bonchev–Trinajstić information content (AvgIpc) is 3.45. The minimum absolute atomic E-state index is 0.0143. The maximum atomic E-state index is 6.60. The maximum Gasteiger partial charge on any atom is 0.133 e. The molecule has 0 radical (unpaired) electrons. The summed E-state index contributed by atoms with van der Waals surface area (Å²) in [5.41, 5.74) is 4.12. The van der Waals surface area contributed by atoms with E-state index in [1.165, 1.54) is 17.5 Å². The second-order valence-corrected chi connectivity index (χ2v) is 13.1. The molecule has 5 heteroatoms. The number of benzene rings is 3. The van der Waals surface area contributed by atoms with Gasteiger partial charge in [0.15, 0.2) is 0 Å². The Bertz CT molecular complexity index is 1190. The van der Waals surface area contributed by atoms with Crippen LogP contribution < -0.4 is 5.32 Å². The quantitative estimate of drug-likeness (QED) is 0.279. The van der Waals surface area contributed by atoms with E-state index in [9.17, 15) is 0 Å². The molecule has 41 heavy (non-hydrogen) atoms. The number of nitrogens with zero attached hydrogens (tertiary/aromatic N) is 1. The number of piperidine rings is 1. The zero-order valence-corrected chi connectivity index (χ0v) is 25.7. The molecule has 5 rings (SSSR count). The molecule has 1 N–H and O–H groups in total. The van der Waals surface area contributed by atoms with Crippen molar-refractivity contribution in [3.05, 3.63) is 107 Å². The molecule has 0 aromatic heterocycles. The van der Waals surface area contributed by atoms with Crippen molar-refractivity contribution in [3.63, 3.8) is 0 Å². The predicted octanol–water partition coefficient (Wildman–Crippen LogP) is 7.56. The molecular weight excluding hydrogens is 508 g/mol. The highest BCUT2D eigenvalue weighted by Gasteiger charge is 2.46. The fraction of sp³-hybridized carbons (Fsp3) is 0.500. The first-order valence-corrected chi connectivity index (χ1v) is 15.2. The molecule has 5 nitrogen and oxygen atoms in total. The van der Waals surface area contributed by atoms with Crippen LogP contribution in [0.25, 0.3) is 0 Å². The Morgan fingerprint density at radius 1 is 0.854 bits per heavy atom. The van der Waals surface area contributed by atoms with Crippen LogP contribution >= 0.6 is 0 Å². The summed E-state index contributed by atoms with van der Waals surface area (Å²) in [7, 11) is 1.81. The first kappa shape index (κ1) is 29.9. The van der Waals surface area contributed by atoms with Gasteiger partial charge in [-0.2, -0.15) is 5.06 Å². The average molecular weight is 557 g/mol. The zero-order chi connectivity index (χ0) is 29.1. The van der Waals surface area contributed by atoms with Crippen molar-refractivity contribution in [1.29, 1.82) is 0 Å². The van der Waals surface area contributed by atoms with Crippen LogP contribution in [-0.4, -0.2) is 41.9 Å². The van der Waals surface area contributed by atoms with Crippen LogP contribution in [0.3, 0.4) is 0 Å². The molecule has 2 aliphatic heterocycles. The molecule has 0 aliphatic carbocycles. The summed E-state index contributed by atoms with van der Waals surface area (Å²) in [6.07, 6.45) is 4.50. The van der Waals surface area contributed by atoms with E-state index in [0.29, 0.717) is 6.61 Å². The Kier molecular flexibility index (Phi) is 9.03.